The van der Waals surface area contributed by atoms with Gasteiger partial charge in [0, 0.05) is 36.0 Å². The van der Waals surface area contributed by atoms with Gasteiger partial charge in [-0.05, 0) is 18.2 Å². The molecule has 1 amide bonds. The van der Waals surface area contributed by atoms with Gasteiger partial charge in [-0.1, -0.05) is 29.7 Å². The zero-order chi connectivity index (χ0) is 13.1. The van der Waals surface area contributed by atoms with Gasteiger partial charge in [0.15, 0.2) is 0 Å². The Kier molecular flexibility index (Phi) is 3.87. The van der Waals surface area contributed by atoms with Crippen LogP contribution in [0, 0.1) is 5.92 Å². The minimum atomic E-state index is -0.0265. The summed E-state index contributed by atoms with van der Waals surface area (Å²) >= 11 is 5.88. The molecule has 2 rings (SSSR count). The van der Waals surface area contributed by atoms with E-state index in [4.69, 9.17) is 16.8 Å². The summed E-state index contributed by atoms with van der Waals surface area (Å²) in [7, 11) is 0. The van der Waals surface area contributed by atoms with Crippen LogP contribution < -0.4 is 0 Å². The highest BCUT2D eigenvalue weighted by atomic mass is 35.5. The molecule has 1 aliphatic heterocycles. The third-order valence-electron chi connectivity index (χ3n) is 3.19. The Balaban J connectivity index is 2.12. The average Bonchev–Trinajstić information content (AvgIpc) is 2.37. The van der Waals surface area contributed by atoms with E-state index in [-0.39, 0.29) is 11.8 Å². The van der Waals surface area contributed by atoms with Crippen molar-refractivity contribution in [3.8, 4) is 0 Å². The molecule has 1 N–H and O–H groups in total. The maximum Gasteiger partial charge on any atom is 0.253 e. The molecule has 0 aromatic heterocycles. The van der Waals surface area contributed by atoms with Crippen LogP contribution in [0.2, 0.25) is 5.02 Å². The minimum absolute atomic E-state index is 0.0265. The molecule has 0 bridgehead atoms. The van der Waals surface area contributed by atoms with Crippen LogP contribution in [-0.2, 0) is 0 Å². The third kappa shape index (κ3) is 2.64. The van der Waals surface area contributed by atoms with Crippen molar-refractivity contribution in [1.82, 2.24) is 4.90 Å². The Morgan fingerprint density at radius 3 is 2.94 bits per heavy atom. The van der Waals surface area contributed by atoms with Crippen LogP contribution in [0.3, 0.4) is 0 Å². The number of oxime groups is 1. The number of benzene rings is 1. The fourth-order valence-corrected chi connectivity index (χ4v) is 2.35. The number of halogens is 1. The van der Waals surface area contributed by atoms with E-state index in [9.17, 15) is 4.79 Å². The van der Waals surface area contributed by atoms with Crippen molar-refractivity contribution >= 4 is 23.2 Å². The highest BCUT2D eigenvalue weighted by Crippen LogP contribution is 2.18. The van der Waals surface area contributed by atoms with E-state index in [0.717, 1.165) is 5.71 Å². The normalized spacial score (nSPS) is 22.2. The van der Waals surface area contributed by atoms with Crippen LogP contribution in [0.5, 0.6) is 0 Å². The van der Waals surface area contributed by atoms with E-state index in [0.29, 0.717) is 30.1 Å². The third-order valence-corrected chi connectivity index (χ3v) is 3.42. The van der Waals surface area contributed by atoms with Crippen molar-refractivity contribution in [3.05, 3.63) is 34.9 Å². The van der Waals surface area contributed by atoms with Crippen molar-refractivity contribution in [3.63, 3.8) is 0 Å². The molecule has 1 fully saturated rings. The number of amides is 1. The first-order valence-corrected chi connectivity index (χ1v) is 6.25. The molecule has 0 aliphatic carbocycles. The molecule has 18 heavy (non-hydrogen) atoms. The molecule has 1 atom stereocenters. The summed E-state index contributed by atoms with van der Waals surface area (Å²) in [5.41, 5.74) is 1.35. The lowest BCUT2D eigenvalue weighted by atomic mass is 9.97. The molecule has 5 heteroatoms. The summed E-state index contributed by atoms with van der Waals surface area (Å²) < 4.78 is 0. The van der Waals surface area contributed by atoms with Crippen molar-refractivity contribution in [2.75, 3.05) is 13.1 Å². The fourth-order valence-electron chi connectivity index (χ4n) is 2.16. The number of carbonyl (C=O) groups excluding carboxylic acids is 1. The lowest BCUT2D eigenvalue weighted by molar-refractivity contribution is 0.0734. The second-order valence-electron chi connectivity index (χ2n) is 4.50. The van der Waals surface area contributed by atoms with E-state index in [2.05, 4.69) is 5.16 Å². The predicted molar refractivity (Wildman–Crippen MR) is 70.4 cm³/mol. The quantitative estimate of drug-likeness (QED) is 0.628. The van der Waals surface area contributed by atoms with E-state index in [1.165, 1.54) is 0 Å². The topological polar surface area (TPSA) is 52.9 Å². The van der Waals surface area contributed by atoms with Crippen molar-refractivity contribution in [2.45, 2.75) is 13.3 Å². The lowest BCUT2D eigenvalue weighted by Gasteiger charge is -2.31. The van der Waals surface area contributed by atoms with E-state index in [1.807, 2.05) is 6.92 Å². The molecule has 1 heterocycles. The van der Waals surface area contributed by atoms with Crippen LogP contribution in [0.4, 0.5) is 0 Å². The van der Waals surface area contributed by atoms with E-state index < -0.39 is 0 Å². The SMILES string of the molecule is CC1CN(C(=O)c2cccc(Cl)c2)CC/C1=N\O. The van der Waals surface area contributed by atoms with Crippen molar-refractivity contribution < 1.29 is 10.0 Å². The first-order valence-electron chi connectivity index (χ1n) is 5.87. The first kappa shape index (κ1) is 12.9. The highest BCUT2D eigenvalue weighted by Gasteiger charge is 2.26. The Labute approximate surface area is 111 Å². The number of carbonyl (C=O) groups is 1. The molecule has 96 valence electrons. The first-order chi connectivity index (χ1) is 8.61. The van der Waals surface area contributed by atoms with E-state index in [1.54, 1.807) is 29.2 Å². The minimum Gasteiger partial charge on any atom is -0.411 e. The lowest BCUT2D eigenvalue weighted by Crippen LogP contribution is -2.43. The van der Waals surface area contributed by atoms with Crippen LogP contribution >= 0.6 is 11.6 Å². The molecule has 1 unspecified atom stereocenters. The van der Waals surface area contributed by atoms with Gasteiger partial charge in [0.1, 0.15) is 0 Å². The Morgan fingerprint density at radius 1 is 1.56 bits per heavy atom. The van der Waals surface area contributed by atoms with Gasteiger partial charge in [-0.2, -0.15) is 0 Å². The molecule has 0 saturated carbocycles. The molecule has 1 aromatic carbocycles. The molecule has 1 saturated heterocycles. The predicted octanol–water partition coefficient (Wildman–Crippen LogP) is 2.65. The van der Waals surface area contributed by atoms with Crippen molar-refractivity contribution in [2.24, 2.45) is 11.1 Å². The van der Waals surface area contributed by atoms with Crippen LogP contribution in [-0.4, -0.2) is 34.8 Å². The molecule has 1 aromatic rings. The maximum atomic E-state index is 12.3. The van der Waals surface area contributed by atoms with Crippen LogP contribution in [0.1, 0.15) is 23.7 Å². The average molecular weight is 267 g/mol. The smallest absolute Gasteiger partial charge is 0.253 e. The zero-order valence-corrected chi connectivity index (χ0v) is 10.9. The molecule has 1 aliphatic rings. The monoisotopic (exact) mass is 266 g/mol. The summed E-state index contributed by atoms with van der Waals surface area (Å²) in [6.45, 7) is 3.10. The zero-order valence-electron chi connectivity index (χ0n) is 10.1. The summed E-state index contributed by atoms with van der Waals surface area (Å²) in [4.78, 5) is 14.0. The number of hydrogen-bond acceptors (Lipinski definition) is 3. The largest absolute Gasteiger partial charge is 0.411 e. The Morgan fingerprint density at radius 2 is 2.33 bits per heavy atom. The van der Waals surface area contributed by atoms with Crippen LogP contribution in [0.25, 0.3) is 0 Å². The van der Waals surface area contributed by atoms with Gasteiger partial charge >= 0.3 is 0 Å². The standard InChI is InChI=1S/C13H15ClN2O2/c1-9-8-16(6-5-12(9)15-18)13(17)10-3-2-4-11(14)7-10/h2-4,7,9,18H,5-6,8H2,1H3/b15-12+. The highest BCUT2D eigenvalue weighted by molar-refractivity contribution is 6.30. The summed E-state index contributed by atoms with van der Waals surface area (Å²) in [6.07, 6.45) is 0.615. The molecule has 4 nitrogen and oxygen atoms in total. The molecular weight excluding hydrogens is 252 g/mol. The van der Waals surface area contributed by atoms with Crippen molar-refractivity contribution in [1.29, 1.82) is 0 Å². The van der Waals surface area contributed by atoms with Gasteiger partial charge in [-0.15, -0.1) is 0 Å². The van der Waals surface area contributed by atoms with Gasteiger partial charge < -0.3 is 10.1 Å². The van der Waals surface area contributed by atoms with Gasteiger partial charge in [0.25, 0.3) is 5.91 Å². The summed E-state index contributed by atoms with van der Waals surface area (Å²) in [6, 6.07) is 6.94. The van der Waals surface area contributed by atoms with E-state index >= 15 is 0 Å². The second-order valence-corrected chi connectivity index (χ2v) is 4.94. The fraction of sp³-hybridized carbons (Fsp3) is 0.385. The number of rotatable bonds is 1. The van der Waals surface area contributed by atoms with Gasteiger partial charge in [0.05, 0.1) is 5.71 Å². The van der Waals surface area contributed by atoms with Gasteiger partial charge in [-0.25, -0.2) is 0 Å². The number of likely N-dealkylation sites (tertiary alicyclic amines) is 1. The maximum absolute atomic E-state index is 12.3. The molecular formula is C13H15ClN2O2. The summed E-state index contributed by atoms with van der Waals surface area (Å²) in [5.74, 6) is 0.0632. The number of nitrogens with zero attached hydrogens (tertiary/aromatic N) is 2. The Bertz CT molecular complexity index is 488. The number of piperidine rings is 1. The summed E-state index contributed by atoms with van der Waals surface area (Å²) in [5, 5.41) is 12.6. The Hall–Kier alpha value is -1.55. The van der Waals surface area contributed by atoms with Gasteiger partial charge in [0.2, 0.25) is 0 Å². The molecule has 0 radical (unpaired) electrons. The second kappa shape index (κ2) is 5.40. The van der Waals surface area contributed by atoms with Crippen LogP contribution in [0.15, 0.2) is 29.4 Å². The molecule has 0 spiro atoms. The van der Waals surface area contributed by atoms with Gasteiger partial charge in [-0.3, -0.25) is 4.79 Å². The number of hydrogen-bond donors (Lipinski definition) is 1.